The average molecular weight is 253 g/mol. The van der Waals surface area contributed by atoms with Crippen LogP contribution in [-0.2, 0) is 8.96 Å². The molecule has 0 aliphatic carbocycles. The Morgan fingerprint density at radius 2 is 2.13 bits per heavy atom. The number of nitrogens with zero attached hydrogens (tertiary/aromatic N) is 1. The zero-order chi connectivity index (χ0) is 12.1. The molecular weight excluding hydrogens is 235 g/mol. The number of hydrogen-bond donors (Lipinski definition) is 1. The van der Waals surface area contributed by atoms with Gasteiger partial charge in [-0.3, -0.25) is 0 Å². The Labute approximate surface area is 96.5 Å². The van der Waals surface area contributed by atoms with Crippen LogP contribution in [0.1, 0.15) is 40.5 Å². The molecule has 1 atom stereocenters. The van der Waals surface area contributed by atoms with E-state index >= 15 is 0 Å². The Morgan fingerprint density at radius 3 is 2.47 bits per heavy atom. The normalized spacial score (nSPS) is 16.1. The lowest BCUT2D eigenvalue weighted by Gasteiger charge is -2.36. The van der Waals surface area contributed by atoms with Crippen molar-refractivity contribution in [3.05, 3.63) is 0 Å². The molecule has 0 rings (SSSR count). The first-order chi connectivity index (χ1) is 6.81. The predicted octanol–water partition coefficient (Wildman–Crippen LogP) is 3.43. The van der Waals surface area contributed by atoms with Crippen LogP contribution < -0.4 is 5.25 Å². The smallest absolute Gasteiger partial charge is 0.179 e. The minimum atomic E-state index is -2.78. The quantitative estimate of drug-likeness (QED) is 0.581. The van der Waals surface area contributed by atoms with Crippen molar-refractivity contribution in [3.63, 3.8) is 0 Å². The molecule has 0 aliphatic rings. The lowest BCUT2D eigenvalue weighted by molar-refractivity contribution is 0.287. The van der Waals surface area contributed by atoms with Gasteiger partial charge in [-0.05, 0) is 6.42 Å². The van der Waals surface area contributed by atoms with E-state index in [2.05, 4.69) is 15.7 Å². The third-order valence-electron chi connectivity index (χ3n) is 2.65. The second-order valence-corrected chi connectivity index (χ2v) is 8.29. The standard InChI is InChI=1S/C9H18ClN2O2P/c1-8(2)15(13,12-14-10)9(3,4)6-5-7-11/h8H,5-6H2,1-4H3,(H,12,13). The molecule has 0 saturated heterocycles. The molecule has 15 heavy (non-hydrogen) atoms. The van der Waals surface area contributed by atoms with E-state index in [1.807, 2.05) is 27.7 Å². The first kappa shape index (κ1) is 14.9. The molecule has 0 amide bonds. The van der Waals surface area contributed by atoms with Crippen molar-refractivity contribution in [3.8, 4) is 6.07 Å². The third kappa shape index (κ3) is 3.46. The van der Waals surface area contributed by atoms with Gasteiger partial charge >= 0.3 is 0 Å². The van der Waals surface area contributed by atoms with Crippen molar-refractivity contribution in [1.29, 1.82) is 5.26 Å². The summed E-state index contributed by atoms with van der Waals surface area (Å²) in [5, 5.41) is 10.5. The van der Waals surface area contributed by atoms with Crippen molar-refractivity contribution in [1.82, 2.24) is 5.25 Å². The minimum Gasteiger partial charge on any atom is -0.304 e. The molecular formula is C9H18ClN2O2P. The first-order valence-electron chi connectivity index (χ1n) is 4.83. The summed E-state index contributed by atoms with van der Waals surface area (Å²) in [7, 11) is -2.78. The predicted molar refractivity (Wildman–Crippen MR) is 61.7 cm³/mol. The van der Waals surface area contributed by atoms with Gasteiger partial charge in [0.2, 0.25) is 0 Å². The molecule has 0 heterocycles. The Kier molecular flexibility index (Phi) is 5.84. The first-order valence-corrected chi connectivity index (χ1v) is 6.92. The van der Waals surface area contributed by atoms with E-state index in [0.717, 1.165) is 0 Å². The summed E-state index contributed by atoms with van der Waals surface area (Å²) < 4.78 is 16.9. The van der Waals surface area contributed by atoms with Crippen LogP contribution in [0.3, 0.4) is 0 Å². The van der Waals surface area contributed by atoms with Crippen LogP contribution >= 0.6 is 19.2 Å². The highest BCUT2D eigenvalue weighted by molar-refractivity contribution is 7.64. The second kappa shape index (κ2) is 5.86. The monoisotopic (exact) mass is 252 g/mol. The Hall–Kier alpha value is -0.0700. The molecule has 1 unspecified atom stereocenters. The lowest BCUT2D eigenvalue weighted by Crippen LogP contribution is -2.32. The maximum absolute atomic E-state index is 12.6. The second-order valence-electron chi connectivity index (χ2n) is 4.39. The van der Waals surface area contributed by atoms with Crippen LogP contribution in [0.15, 0.2) is 0 Å². The fourth-order valence-electron chi connectivity index (χ4n) is 1.51. The van der Waals surface area contributed by atoms with Crippen LogP contribution in [0.25, 0.3) is 0 Å². The molecule has 4 nitrogen and oxygen atoms in total. The summed E-state index contributed by atoms with van der Waals surface area (Å²) in [4.78, 5) is 0. The Morgan fingerprint density at radius 1 is 1.60 bits per heavy atom. The van der Waals surface area contributed by atoms with Gasteiger partial charge in [-0.2, -0.15) is 9.65 Å². The molecule has 0 radical (unpaired) electrons. The van der Waals surface area contributed by atoms with Crippen molar-refractivity contribution >= 4 is 19.2 Å². The highest BCUT2D eigenvalue weighted by Crippen LogP contribution is 2.59. The van der Waals surface area contributed by atoms with E-state index in [1.165, 1.54) is 0 Å². The SMILES string of the molecule is CC(C)P(=O)(NOCl)C(C)(C)CCC#N. The molecule has 0 aromatic carbocycles. The lowest BCUT2D eigenvalue weighted by atomic mass is 10.1. The van der Waals surface area contributed by atoms with Gasteiger partial charge in [0.25, 0.3) is 0 Å². The highest BCUT2D eigenvalue weighted by atomic mass is 35.5. The summed E-state index contributed by atoms with van der Waals surface area (Å²) in [6, 6.07) is 2.05. The van der Waals surface area contributed by atoms with Crippen LogP contribution in [-0.4, -0.2) is 10.8 Å². The molecule has 0 aromatic heterocycles. The van der Waals surface area contributed by atoms with Gasteiger partial charge in [0.1, 0.15) is 0 Å². The number of hydrogen-bond acceptors (Lipinski definition) is 3. The van der Waals surface area contributed by atoms with Gasteiger partial charge in [-0.25, -0.2) is 0 Å². The van der Waals surface area contributed by atoms with Crippen LogP contribution in [0.4, 0.5) is 0 Å². The summed E-state index contributed by atoms with van der Waals surface area (Å²) in [6.07, 6.45) is 0.917. The summed E-state index contributed by atoms with van der Waals surface area (Å²) >= 11 is 5.12. The van der Waals surface area contributed by atoms with Crippen molar-refractivity contribution in [2.45, 2.75) is 51.4 Å². The molecule has 0 bridgehead atoms. The highest BCUT2D eigenvalue weighted by Gasteiger charge is 2.43. The zero-order valence-corrected chi connectivity index (χ0v) is 11.2. The fourth-order valence-corrected chi connectivity index (χ4v) is 4.22. The van der Waals surface area contributed by atoms with Crippen molar-refractivity contribution in [2.24, 2.45) is 0 Å². The van der Waals surface area contributed by atoms with Gasteiger partial charge in [0, 0.05) is 17.2 Å². The summed E-state index contributed by atoms with van der Waals surface area (Å²) in [6.45, 7) is 7.40. The van der Waals surface area contributed by atoms with Crippen LogP contribution in [0.5, 0.6) is 0 Å². The van der Waals surface area contributed by atoms with E-state index in [1.54, 1.807) is 0 Å². The van der Waals surface area contributed by atoms with E-state index in [9.17, 15) is 4.57 Å². The van der Waals surface area contributed by atoms with E-state index in [-0.39, 0.29) is 5.66 Å². The number of nitrogens with one attached hydrogen (secondary N) is 1. The molecule has 0 aromatic rings. The van der Waals surface area contributed by atoms with Gasteiger partial charge in [0.15, 0.2) is 7.29 Å². The number of rotatable bonds is 6. The van der Waals surface area contributed by atoms with Crippen molar-refractivity contribution < 1.29 is 8.96 Å². The summed E-state index contributed by atoms with van der Waals surface area (Å²) in [5.41, 5.74) is -0.0926. The Bertz CT molecular complexity index is 286. The molecule has 0 spiro atoms. The molecule has 0 fully saturated rings. The maximum Gasteiger partial charge on any atom is 0.179 e. The topological polar surface area (TPSA) is 62.1 Å². The van der Waals surface area contributed by atoms with Gasteiger partial charge in [-0.15, -0.1) is 5.25 Å². The molecule has 0 aliphatic heterocycles. The zero-order valence-electron chi connectivity index (χ0n) is 9.58. The van der Waals surface area contributed by atoms with Gasteiger partial charge in [-0.1, -0.05) is 27.7 Å². The Balaban J connectivity index is 4.91. The molecule has 0 saturated carbocycles. The number of halogens is 1. The third-order valence-corrected chi connectivity index (χ3v) is 6.67. The van der Waals surface area contributed by atoms with E-state index in [0.29, 0.717) is 12.8 Å². The van der Waals surface area contributed by atoms with Crippen LogP contribution in [0.2, 0.25) is 0 Å². The summed E-state index contributed by atoms with van der Waals surface area (Å²) in [5.74, 6) is 0. The fraction of sp³-hybridized carbons (Fsp3) is 0.889. The van der Waals surface area contributed by atoms with Gasteiger partial charge in [0.05, 0.1) is 17.9 Å². The number of nitriles is 1. The average Bonchev–Trinajstić information content (AvgIpc) is 2.14. The molecule has 6 heteroatoms. The minimum absolute atomic E-state index is 0.0926. The largest absolute Gasteiger partial charge is 0.304 e. The van der Waals surface area contributed by atoms with E-state index < -0.39 is 12.4 Å². The maximum atomic E-state index is 12.6. The van der Waals surface area contributed by atoms with Crippen molar-refractivity contribution in [2.75, 3.05) is 0 Å². The van der Waals surface area contributed by atoms with E-state index in [4.69, 9.17) is 17.1 Å². The molecule has 1 N–H and O–H groups in total. The van der Waals surface area contributed by atoms with Gasteiger partial charge < -0.3 is 4.57 Å². The van der Waals surface area contributed by atoms with Crippen LogP contribution in [0, 0.1) is 11.3 Å². The molecule has 88 valence electrons.